The highest BCUT2D eigenvalue weighted by Crippen LogP contribution is 2.18. The number of hydrogen-bond acceptors (Lipinski definition) is 4. The number of anilines is 1. The van der Waals surface area contributed by atoms with Crippen LogP contribution in [0.2, 0.25) is 5.02 Å². The minimum absolute atomic E-state index is 0.0935. The molecule has 0 radical (unpaired) electrons. The summed E-state index contributed by atoms with van der Waals surface area (Å²) in [6, 6.07) is 7.89. The van der Waals surface area contributed by atoms with Gasteiger partial charge < -0.3 is 15.3 Å². The maximum Gasteiger partial charge on any atom is 0.405 e. The first-order chi connectivity index (χ1) is 10.5. The van der Waals surface area contributed by atoms with Crippen molar-refractivity contribution < 1.29 is 23.4 Å². The second kappa shape index (κ2) is 6.86. The average molecular weight is 325 g/mol. The zero-order valence-corrected chi connectivity index (χ0v) is 11.8. The molecule has 1 aromatic heterocycles. The number of carbonyl (C=O) groups excluding carboxylic acids is 2. The number of esters is 1. The van der Waals surface area contributed by atoms with Gasteiger partial charge >= 0.3 is 11.7 Å². The molecule has 0 bridgehead atoms. The van der Waals surface area contributed by atoms with Crippen LogP contribution in [0.25, 0.3) is 0 Å². The van der Waals surface area contributed by atoms with E-state index in [1.165, 1.54) is 30.3 Å². The molecule has 1 N–H and O–H groups in total. The lowest BCUT2D eigenvalue weighted by Gasteiger charge is -2.07. The van der Waals surface area contributed by atoms with Gasteiger partial charge in [-0.1, -0.05) is 11.6 Å². The zero-order valence-electron chi connectivity index (χ0n) is 11.1. The molecule has 6 nitrogen and oxygen atoms in total. The first-order valence-electron chi connectivity index (χ1n) is 6.07. The van der Waals surface area contributed by atoms with Gasteiger partial charge in [0.15, 0.2) is 12.8 Å². The van der Waals surface area contributed by atoms with E-state index in [2.05, 4.69) is 10.1 Å². The number of ether oxygens (including phenoxy) is 1. The van der Waals surface area contributed by atoms with Crippen LogP contribution < -0.4 is 10.0 Å². The fourth-order valence-corrected chi connectivity index (χ4v) is 1.73. The lowest BCUT2D eigenvalue weighted by molar-refractivity contribution is -0.608. The van der Waals surface area contributed by atoms with Crippen LogP contribution in [0.15, 0.2) is 42.6 Å². The second-order valence-corrected chi connectivity index (χ2v) is 4.60. The number of nitrogens with one attached hydrogen (secondary N) is 1. The average Bonchev–Trinajstić information content (AvgIpc) is 2.48. The van der Waals surface area contributed by atoms with Crippen LogP contribution in [0.4, 0.5) is 10.1 Å². The Morgan fingerprint density at radius 2 is 2.09 bits per heavy atom. The molecule has 0 saturated carbocycles. The fourth-order valence-electron chi connectivity index (χ4n) is 1.57. The quantitative estimate of drug-likeness (QED) is 0.529. The Kier molecular flexibility index (Phi) is 4.90. The molecule has 1 heterocycles. The Morgan fingerprint density at radius 3 is 2.77 bits per heavy atom. The summed E-state index contributed by atoms with van der Waals surface area (Å²) in [7, 11) is 0. The van der Waals surface area contributed by atoms with Gasteiger partial charge in [0.25, 0.3) is 5.91 Å². The van der Waals surface area contributed by atoms with Crippen molar-refractivity contribution in [3.63, 3.8) is 0 Å². The van der Waals surface area contributed by atoms with Crippen molar-refractivity contribution in [2.75, 3.05) is 11.9 Å². The van der Waals surface area contributed by atoms with E-state index in [9.17, 15) is 19.2 Å². The normalized spacial score (nSPS) is 10.1. The van der Waals surface area contributed by atoms with E-state index in [-0.39, 0.29) is 16.4 Å². The molecule has 2 rings (SSSR count). The summed E-state index contributed by atoms with van der Waals surface area (Å²) in [4.78, 5) is 23.2. The van der Waals surface area contributed by atoms with Crippen molar-refractivity contribution >= 4 is 29.2 Å². The van der Waals surface area contributed by atoms with Crippen molar-refractivity contribution in [3.8, 4) is 0 Å². The summed E-state index contributed by atoms with van der Waals surface area (Å²) in [5, 5.41) is 13.7. The summed E-state index contributed by atoms with van der Waals surface area (Å²) < 4.78 is 18.5. The fraction of sp³-hybridized carbons (Fsp3) is 0.0714. The topological polar surface area (TPSA) is 82.3 Å². The van der Waals surface area contributed by atoms with Crippen molar-refractivity contribution in [2.45, 2.75) is 0 Å². The minimum atomic E-state index is -0.956. The molecule has 1 amide bonds. The van der Waals surface area contributed by atoms with E-state index < -0.39 is 24.3 Å². The van der Waals surface area contributed by atoms with E-state index in [1.54, 1.807) is 0 Å². The lowest BCUT2D eigenvalue weighted by Crippen LogP contribution is -2.35. The highest BCUT2D eigenvalue weighted by Gasteiger charge is 2.18. The van der Waals surface area contributed by atoms with Crippen LogP contribution >= 0.6 is 11.6 Å². The lowest BCUT2D eigenvalue weighted by atomic mass is 10.3. The summed E-state index contributed by atoms with van der Waals surface area (Å²) in [6.07, 6.45) is 1.12. The molecule has 8 heteroatoms. The molecule has 0 saturated heterocycles. The van der Waals surface area contributed by atoms with E-state index in [0.717, 1.165) is 12.3 Å². The van der Waals surface area contributed by atoms with Crippen LogP contribution in [0.1, 0.15) is 10.5 Å². The second-order valence-electron chi connectivity index (χ2n) is 4.16. The maximum atomic E-state index is 13.5. The van der Waals surface area contributed by atoms with Gasteiger partial charge in [0, 0.05) is 17.2 Å². The number of aromatic nitrogens is 1. The number of carbonyl (C=O) groups is 2. The number of rotatable bonds is 4. The van der Waals surface area contributed by atoms with Crippen molar-refractivity contribution in [1.29, 1.82) is 0 Å². The first kappa shape index (κ1) is 15.7. The van der Waals surface area contributed by atoms with E-state index >= 15 is 0 Å². The number of hydrogen-bond donors (Lipinski definition) is 1. The van der Waals surface area contributed by atoms with Crippen LogP contribution in [-0.2, 0) is 9.53 Å². The molecule has 22 heavy (non-hydrogen) atoms. The Balaban J connectivity index is 1.93. The number of benzene rings is 1. The predicted molar refractivity (Wildman–Crippen MR) is 75.7 cm³/mol. The zero-order chi connectivity index (χ0) is 16.1. The third-order valence-electron chi connectivity index (χ3n) is 2.57. The molecule has 0 spiro atoms. The van der Waals surface area contributed by atoms with Gasteiger partial charge in [0.1, 0.15) is 5.82 Å². The van der Waals surface area contributed by atoms with Gasteiger partial charge in [-0.25, -0.2) is 9.18 Å². The van der Waals surface area contributed by atoms with Crippen molar-refractivity contribution in [3.05, 3.63) is 64.3 Å². The molecular weight excluding hydrogens is 315 g/mol. The first-order valence-corrected chi connectivity index (χ1v) is 6.45. The van der Waals surface area contributed by atoms with Crippen molar-refractivity contribution in [1.82, 2.24) is 0 Å². The molecule has 2 aromatic rings. The van der Waals surface area contributed by atoms with Crippen LogP contribution in [0.3, 0.4) is 0 Å². The molecule has 0 atom stereocenters. The molecule has 0 aliphatic carbocycles. The van der Waals surface area contributed by atoms with E-state index in [1.807, 2.05) is 0 Å². The Hall–Kier alpha value is -2.67. The standard InChI is InChI=1S/C14H10ClFN2O4/c15-9-4-5-11(10(16)7-9)17-13(19)8-22-14(20)12-3-1-2-6-18(12)21/h1-7H,8H2,(H,17,19). The largest absolute Gasteiger partial charge is 0.618 e. The van der Waals surface area contributed by atoms with Gasteiger partial charge in [-0.3, -0.25) is 4.79 Å². The number of halogens is 2. The van der Waals surface area contributed by atoms with E-state index in [0.29, 0.717) is 4.73 Å². The van der Waals surface area contributed by atoms with Gasteiger partial charge in [0.2, 0.25) is 0 Å². The van der Waals surface area contributed by atoms with Crippen LogP contribution in [-0.4, -0.2) is 18.5 Å². The molecule has 1 aromatic carbocycles. The Labute approximate surface area is 129 Å². The highest BCUT2D eigenvalue weighted by molar-refractivity contribution is 6.30. The number of amides is 1. The predicted octanol–water partition coefficient (Wildman–Crippen LogP) is 1.91. The van der Waals surface area contributed by atoms with E-state index in [4.69, 9.17) is 11.6 Å². The number of nitrogens with zero attached hydrogens (tertiary/aromatic N) is 1. The van der Waals surface area contributed by atoms with Gasteiger partial charge in [-0.2, -0.15) is 4.73 Å². The minimum Gasteiger partial charge on any atom is -0.618 e. The molecule has 114 valence electrons. The monoisotopic (exact) mass is 324 g/mol. The SMILES string of the molecule is O=C(COC(=O)c1cccc[n+]1[O-])Nc1ccc(Cl)cc1F. The molecule has 0 fully saturated rings. The number of pyridine rings is 1. The summed E-state index contributed by atoms with van der Waals surface area (Å²) >= 11 is 5.58. The Bertz CT molecular complexity index is 724. The van der Waals surface area contributed by atoms with Crippen molar-refractivity contribution in [2.24, 2.45) is 0 Å². The molecule has 0 aliphatic heterocycles. The molecule has 0 unspecified atom stereocenters. The molecular formula is C14H10ClFN2O4. The third-order valence-corrected chi connectivity index (χ3v) is 2.81. The third kappa shape index (κ3) is 3.92. The van der Waals surface area contributed by atoms with Crippen LogP contribution in [0, 0.1) is 11.0 Å². The van der Waals surface area contributed by atoms with Gasteiger partial charge in [-0.05, 0) is 24.3 Å². The van der Waals surface area contributed by atoms with Gasteiger partial charge in [0.05, 0.1) is 5.69 Å². The smallest absolute Gasteiger partial charge is 0.405 e. The Morgan fingerprint density at radius 1 is 1.32 bits per heavy atom. The molecule has 0 aliphatic rings. The van der Waals surface area contributed by atoms with Crippen LogP contribution in [0.5, 0.6) is 0 Å². The summed E-state index contributed by atoms with van der Waals surface area (Å²) in [5.41, 5.74) is -0.350. The summed E-state index contributed by atoms with van der Waals surface area (Å²) in [5.74, 6) is -2.42. The highest BCUT2D eigenvalue weighted by atomic mass is 35.5. The summed E-state index contributed by atoms with van der Waals surface area (Å²) in [6.45, 7) is -0.657. The maximum absolute atomic E-state index is 13.5. The van der Waals surface area contributed by atoms with Gasteiger partial charge in [-0.15, -0.1) is 0 Å².